The Morgan fingerprint density at radius 1 is 1.10 bits per heavy atom. The van der Waals surface area contributed by atoms with Gasteiger partial charge in [-0.2, -0.15) is 4.31 Å². The standard InChI is InChI=1S/C22H36N4O3S/c1-19-6-8-21(9-7-19)22(27)25(16-15-24-12-4-3-5-20(24)2)17-18-30(28,29)26-13-10-23-11-14-26/h6-9,20,23H,3-5,10-18H2,1-2H3/t20-/m0/s1. The molecular formula is C22H36N4O3S. The summed E-state index contributed by atoms with van der Waals surface area (Å²) < 4.78 is 27.1. The van der Waals surface area contributed by atoms with Crippen LogP contribution in [0.15, 0.2) is 24.3 Å². The van der Waals surface area contributed by atoms with E-state index in [0.29, 0.717) is 44.3 Å². The van der Waals surface area contributed by atoms with Crippen LogP contribution >= 0.6 is 0 Å². The van der Waals surface area contributed by atoms with Gasteiger partial charge in [0.1, 0.15) is 0 Å². The van der Waals surface area contributed by atoms with Gasteiger partial charge in [0.05, 0.1) is 5.75 Å². The molecule has 1 aromatic carbocycles. The maximum absolute atomic E-state index is 13.2. The van der Waals surface area contributed by atoms with Crippen molar-refractivity contribution >= 4 is 15.9 Å². The molecule has 0 aliphatic carbocycles. The second-order valence-corrected chi connectivity index (χ2v) is 10.6. The average molecular weight is 437 g/mol. The molecule has 1 aromatic rings. The molecule has 30 heavy (non-hydrogen) atoms. The number of amides is 1. The average Bonchev–Trinajstić information content (AvgIpc) is 2.75. The van der Waals surface area contributed by atoms with Crippen LogP contribution in [0.4, 0.5) is 0 Å². The minimum Gasteiger partial charge on any atom is -0.336 e. The van der Waals surface area contributed by atoms with E-state index < -0.39 is 10.0 Å². The Morgan fingerprint density at radius 2 is 1.80 bits per heavy atom. The molecule has 0 bridgehead atoms. The summed E-state index contributed by atoms with van der Waals surface area (Å²) in [5, 5.41) is 3.18. The van der Waals surface area contributed by atoms with Crippen LogP contribution in [0.1, 0.15) is 42.1 Å². The van der Waals surface area contributed by atoms with Crippen LogP contribution in [0.3, 0.4) is 0 Å². The van der Waals surface area contributed by atoms with Crippen molar-refractivity contribution in [2.45, 2.75) is 39.2 Å². The number of carbonyl (C=O) groups excluding carboxylic acids is 1. The highest BCUT2D eigenvalue weighted by atomic mass is 32.2. The van der Waals surface area contributed by atoms with E-state index in [1.54, 1.807) is 9.21 Å². The predicted molar refractivity (Wildman–Crippen MR) is 120 cm³/mol. The van der Waals surface area contributed by atoms with E-state index in [4.69, 9.17) is 0 Å². The molecule has 8 heteroatoms. The van der Waals surface area contributed by atoms with Gasteiger partial charge in [0.2, 0.25) is 10.0 Å². The van der Waals surface area contributed by atoms with Gasteiger partial charge in [-0.15, -0.1) is 0 Å². The number of benzene rings is 1. The lowest BCUT2D eigenvalue weighted by Gasteiger charge is -2.35. The normalized spacial score (nSPS) is 21.5. The van der Waals surface area contributed by atoms with E-state index in [9.17, 15) is 13.2 Å². The zero-order valence-electron chi connectivity index (χ0n) is 18.3. The fourth-order valence-corrected chi connectivity index (χ4v) is 5.66. The van der Waals surface area contributed by atoms with Crippen molar-refractivity contribution in [1.82, 2.24) is 19.4 Å². The monoisotopic (exact) mass is 436 g/mol. The van der Waals surface area contributed by atoms with Crippen molar-refractivity contribution in [2.24, 2.45) is 0 Å². The third-order valence-electron chi connectivity index (χ3n) is 6.27. The molecule has 168 valence electrons. The zero-order valence-corrected chi connectivity index (χ0v) is 19.2. The molecule has 1 amide bonds. The molecule has 0 aromatic heterocycles. The number of piperazine rings is 1. The molecular weight excluding hydrogens is 400 g/mol. The zero-order chi connectivity index (χ0) is 21.6. The second-order valence-electron chi connectivity index (χ2n) is 8.50. The molecule has 2 aliphatic heterocycles. The van der Waals surface area contributed by atoms with E-state index in [2.05, 4.69) is 17.1 Å². The Labute approximate surface area is 181 Å². The minimum atomic E-state index is -3.37. The molecule has 1 atom stereocenters. The molecule has 0 spiro atoms. The highest BCUT2D eigenvalue weighted by Gasteiger charge is 2.27. The van der Waals surface area contributed by atoms with Gasteiger partial charge in [0.15, 0.2) is 0 Å². The van der Waals surface area contributed by atoms with Gasteiger partial charge in [-0.05, 0) is 45.4 Å². The summed E-state index contributed by atoms with van der Waals surface area (Å²) in [6.07, 6.45) is 3.63. The molecule has 2 fully saturated rings. The van der Waals surface area contributed by atoms with Gasteiger partial charge >= 0.3 is 0 Å². The van der Waals surface area contributed by atoms with Crippen molar-refractivity contribution in [1.29, 1.82) is 0 Å². The van der Waals surface area contributed by atoms with Gasteiger partial charge in [0, 0.05) is 57.4 Å². The van der Waals surface area contributed by atoms with E-state index >= 15 is 0 Å². The summed E-state index contributed by atoms with van der Waals surface area (Å²) in [7, 11) is -3.37. The number of aryl methyl sites for hydroxylation is 1. The SMILES string of the molecule is Cc1ccc(C(=O)N(CCN2CCCC[C@@H]2C)CCS(=O)(=O)N2CCNCC2)cc1. The van der Waals surface area contributed by atoms with E-state index in [1.165, 1.54) is 19.3 Å². The predicted octanol–water partition coefficient (Wildman–Crippen LogP) is 1.55. The summed E-state index contributed by atoms with van der Waals surface area (Å²) in [6, 6.07) is 8.03. The maximum atomic E-state index is 13.2. The van der Waals surface area contributed by atoms with Crippen LogP contribution in [0.25, 0.3) is 0 Å². The van der Waals surface area contributed by atoms with E-state index in [1.807, 2.05) is 31.2 Å². The van der Waals surface area contributed by atoms with Crippen molar-refractivity contribution in [3.63, 3.8) is 0 Å². The number of rotatable bonds is 8. The number of piperidine rings is 1. The van der Waals surface area contributed by atoms with Gasteiger partial charge < -0.3 is 10.2 Å². The van der Waals surface area contributed by atoms with Crippen molar-refractivity contribution in [2.75, 3.05) is 58.1 Å². The largest absolute Gasteiger partial charge is 0.336 e. The van der Waals surface area contributed by atoms with Crippen molar-refractivity contribution in [3.05, 3.63) is 35.4 Å². The first-order valence-electron chi connectivity index (χ1n) is 11.2. The molecule has 0 radical (unpaired) electrons. The van der Waals surface area contributed by atoms with Crippen LogP contribution in [-0.2, 0) is 10.0 Å². The van der Waals surface area contributed by atoms with E-state index in [-0.39, 0.29) is 18.2 Å². The van der Waals surface area contributed by atoms with E-state index in [0.717, 1.165) is 18.7 Å². The van der Waals surface area contributed by atoms with Gasteiger partial charge in [-0.3, -0.25) is 9.69 Å². The molecule has 2 heterocycles. The summed E-state index contributed by atoms with van der Waals surface area (Å²) in [5.41, 5.74) is 1.72. The summed E-state index contributed by atoms with van der Waals surface area (Å²) in [4.78, 5) is 17.3. The molecule has 2 saturated heterocycles. The first-order chi connectivity index (χ1) is 14.4. The number of likely N-dealkylation sites (tertiary alicyclic amines) is 1. The lowest BCUT2D eigenvalue weighted by molar-refractivity contribution is 0.0717. The van der Waals surface area contributed by atoms with Crippen LogP contribution < -0.4 is 5.32 Å². The molecule has 3 rings (SSSR count). The van der Waals surface area contributed by atoms with Crippen LogP contribution in [0.2, 0.25) is 0 Å². The number of hydrogen-bond acceptors (Lipinski definition) is 5. The smallest absolute Gasteiger partial charge is 0.253 e. The first-order valence-corrected chi connectivity index (χ1v) is 12.8. The summed E-state index contributed by atoms with van der Waals surface area (Å²) in [6.45, 7) is 9.19. The Morgan fingerprint density at radius 3 is 2.47 bits per heavy atom. The molecule has 2 aliphatic rings. The highest BCUT2D eigenvalue weighted by Crippen LogP contribution is 2.16. The second kappa shape index (κ2) is 10.7. The highest BCUT2D eigenvalue weighted by molar-refractivity contribution is 7.89. The Balaban J connectivity index is 1.67. The fraction of sp³-hybridized carbons (Fsp3) is 0.682. The minimum absolute atomic E-state index is 0.0276. The van der Waals surface area contributed by atoms with Crippen LogP contribution in [0.5, 0.6) is 0 Å². The third kappa shape index (κ3) is 6.26. The molecule has 0 unspecified atom stereocenters. The molecule has 1 N–H and O–H groups in total. The number of nitrogens with zero attached hydrogens (tertiary/aromatic N) is 3. The van der Waals surface area contributed by atoms with Crippen LogP contribution in [-0.4, -0.2) is 92.6 Å². The fourth-order valence-electron chi connectivity index (χ4n) is 4.21. The summed E-state index contributed by atoms with van der Waals surface area (Å²) >= 11 is 0. The number of sulfonamides is 1. The van der Waals surface area contributed by atoms with Gasteiger partial charge in [-0.25, -0.2) is 8.42 Å². The molecule has 0 saturated carbocycles. The maximum Gasteiger partial charge on any atom is 0.253 e. The number of carbonyl (C=O) groups is 1. The topological polar surface area (TPSA) is 73.0 Å². The quantitative estimate of drug-likeness (QED) is 0.669. The van der Waals surface area contributed by atoms with Crippen molar-refractivity contribution < 1.29 is 13.2 Å². The van der Waals surface area contributed by atoms with Crippen LogP contribution in [0, 0.1) is 6.92 Å². The molecule has 7 nitrogen and oxygen atoms in total. The Kier molecular flexibility index (Phi) is 8.27. The Bertz CT molecular complexity index is 791. The lowest BCUT2D eigenvalue weighted by atomic mass is 10.0. The first kappa shape index (κ1) is 23.2. The van der Waals surface area contributed by atoms with Crippen molar-refractivity contribution in [3.8, 4) is 0 Å². The van der Waals surface area contributed by atoms with Gasteiger partial charge in [-0.1, -0.05) is 24.1 Å². The Hall–Kier alpha value is -1.48. The third-order valence-corrected chi connectivity index (χ3v) is 8.12. The van der Waals surface area contributed by atoms with Gasteiger partial charge in [0.25, 0.3) is 5.91 Å². The number of nitrogens with one attached hydrogen (secondary N) is 1. The lowest BCUT2D eigenvalue weighted by Crippen LogP contribution is -2.49. The summed E-state index contributed by atoms with van der Waals surface area (Å²) in [5.74, 6) is -0.115. The number of hydrogen-bond donors (Lipinski definition) is 1.